The van der Waals surface area contributed by atoms with E-state index < -0.39 is 0 Å². The quantitative estimate of drug-likeness (QED) is 0.665. The van der Waals surface area contributed by atoms with Crippen molar-refractivity contribution in [1.82, 2.24) is 0 Å². The highest BCUT2D eigenvalue weighted by atomic mass is 16.1. The molecule has 88 valence electrons. The summed E-state index contributed by atoms with van der Waals surface area (Å²) >= 11 is 0. The van der Waals surface area contributed by atoms with Gasteiger partial charge in [0, 0.05) is 6.42 Å². The number of unbranched alkanes of at least 4 members (excludes halogenated alkanes) is 1. The number of carbonyl (C=O) groups is 1. The summed E-state index contributed by atoms with van der Waals surface area (Å²) in [5.74, 6) is 0.863. The van der Waals surface area contributed by atoms with Gasteiger partial charge in [0.05, 0.1) is 0 Å². The lowest BCUT2D eigenvalue weighted by atomic mass is 9.89. The molecule has 0 heterocycles. The van der Waals surface area contributed by atoms with Gasteiger partial charge in [-0.05, 0) is 31.2 Å². The number of Topliss-reactive ketones (excluding diaryl/α,β-unsaturated/α-hetero) is 1. The third-order valence-electron chi connectivity index (χ3n) is 3.02. The predicted molar refractivity (Wildman–Crippen MR) is 68.6 cm³/mol. The maximum Gasteiger partial charge on any atom is 0.129 e. The van der Waals surface area contributed by atoms with Gasteiger partial charge in [0.2, 0.25) is 0 Å². The fourth-order valence-electron chi connectivity index (χ4n) is 2.03. The number of hydrogen-bond donors (Lipinski definition) is 0. The first-order valence-corrected chi connectivity index (χ1v) is 6.28. The summed E-state index contributed by atoms with van der Waals surface area (Å²) < 4.78 is 0. The number of benzene rings is 1. The van der Waals surface area contributed by atoms with Gasteiger partial charge < -0.3 is 4.79 Å². The topological polar surface area (TPSA) is 17.1 Å². The van der Waals surface area contributed by atoms with Gasteiger partial charge in [-0.15, -0.1) is 0 Å². The molecule has 0 aliphatic carbocycles. The lowest BCUT2D eigenvalue weighted by molar-refractivity contribution is -0.117. The molecule has 1 nitrogen and oxygen atoms in total. The van der Waals surface area contributed by atoms with Crippen LogP contribution in [0.15, 0.2) is 30.3 Å². The third kappa shape index (κ3) is 4.61. The molecule has 0 aliphatic rings. The van der Waals surface area contributed by atoms with Crippen molar-refractivity contribution in [2.75, 3.05) is 0 Å². The van der Waals surface area contributed by atoms with Crippen LogP contribution in [-0.4, -0.2) is 5.78 Å². The van der Waals surface area contributed by atoms with E-state index in [4.69, 9.17) is 0 Å². The van der Waals surface area contributed by atoms with Crippen LogP contribution in [0.5, 0.6) is 0 Å². The summed E-state index contributed by atoms with van der Waals surface area (Å²) in [7, 11) is 0. The molecule has 0 amide bonds. The van der Waals surface area contributed by atoms with Crippen molar-refractivity contribution in [2.24, 2.45) is 0 Å². The first-order valence-electron chi connectivity index (χ1n) is 6.28. The second-order valence-corrected chi connectivity index (χ2v) is 4.49. The van der Waals surface area contributed by atoms with Crippen LogP contribution in [0.2, 0.25) is 0 Å². The van der Waals surface area contributed by atoms with Crippen molar-refractivity contribution in [3.8, 4) is 0 Å². The molecule has 0 bridgehead atoms. The molecule has 1 atom stereocenters. The second-order valence-electron chi connectivity index (χ2n) is 4.49. The summed E-state index contributed by atoms with van der Waals surface area (Å²) in [5.41, 5.74) is 1.39. The van der Waals surface area contributed by atoms with E-state index in [0.29, 0.717) is 18.1 Å². The zero-order valence-corrected chi connectivity index (χ0v) is 10.4. The van der Waals surface area contributed by atoms with Crippen molar-refractivity contribution in [3.63, 3.8) is 0 Å². The van der Waals surface area contributed by atoms with Crippen LogP contribution in [0.3, 0.4) is 0 Å². The predicted octanol–water partition coefficient (Wildman–Crippen LogP) is 4.33. The number of carbonyl (C=O) groups excluding carboxylic acids is 1. The first-order chi connectivity index (χ1) is 7.74. The molecule has 0 radical (unpaired) electrons. The van der Waals surface area contributed by atoms with Gasteiger partial charge in [-0.2, -0.15) is 0 Å². The Morgan fingerprint density at radius 3 is 2.44 bits per heavy atom. The summed E-state index contributed by atoms with van der Waals surface area (Å²) in [6.07, 6.45) is 5.39. The molecule has 0 saturated heterocycles. The molecule has 0 spiro atoms. The molecule has 0 saturated carbocycles. The summed E-state index contributed by atoms with van der Waals surface area (Å²) in [6.45, 7) is 3.90. The molecule has 1 heteroatoms. The lowest BCUT2D eigenvalue weighted by Gasteiger charge is -2.16. The normalized spacial score (nSPS) is 12.4. The van der Waals surface area contributed by atoms with Crippen LogP contribution in [0.25, 0.3) is 0 Å². The summed E-state index contributed by atoms with van der Waals surface area (Å²) in [6, 6.07) is 10.6. The Balaban J connectivity index is 2.59. The van der Waals surface area contributed by atoms with Crippen LogP contribution < -0.4 is 0 Å². The molecule has 0 aliphatic heterocycles. The van der Waals surface area contributed by atoms with Crippen LogP contribution in [-0.2, 0) is 4.79 Å². The summed E-state index contributed by atoms with van der Waals surface area (Å²) in [4.78, 5) is 11.1. The zero-order valence-electron chi connectivity index (χ0n) is 10.4. The Hall–Kier alpha value is -1.11. The van der Waals surface area contributed by atoms with Gasteiger partial charge in [0.25, 0.3) is 0 Å². The molecular formula is C15H22O. The number of ketones is 1. The van der Waals surface area contributed by atoms with Crippen LogP contribution in [0.1, 0.15) is 57.4 Å². The van der Waals surface area contributed by atoms with Crippen molar-refractivity contribution < 1.29 is 4.79 Å². The van der Waals surface area contributed by atoms with Crippen molar-refractivity contribution in [2.45, 2.75) is 51.9 Å². The van der Waals surface area contributed by atoms with Crippen molar-refractivity contribution in [3.05, 3.63) is 35.9 Å². The fourth-order valence-corrected chi connectivity index (χ4v) is 2.03. The third-order valence-corrected chi connectivity index (χ3v) is 3.02. The molecule has 1 aromatic carbocycles. The maximum absolute atomic E-state index is 11.1. The van der Waals surface area contributed by atoms with Crippen LogP contribution in [0, 0.1) is 0 Å². The highest BCUT2D eigenvalue weighted by Gasteiger charge is 2.11. The minimum absolute atomic E-state index is 0.303. The average molecular weight is 218 g/mol. The zero-order chi connectivity index (χ0) is 11.8. The van der Waals surface area contributed by atoms with E-state index in [1.165, 1.54) is 24.8 Å². The molecule has 0 N–H and O–H groups in total. The Kier molecular flexibility index (Phi) is 5.84. The van der Waals surface area contributed by atoms with Crippen LogP contribution >= 0.6 is 0 Å². The molecule has 16 heavy (non-hydrogen) atoms. The van der Waals surface area contributed by atoms with Gasteiger partial charge in [-0.3, -0.25) is 0 Å². The maximum atomic E-state index is 11.1. The molecule has 0 fully saturated rings. The van der Waals surface area contributed by atoms with E-state index in [1.54, 1.807) is 6.92 Å². The Labute approximate surface area is 98.9 Å². The largest absolute Gasteiger partial charge is 0.300 e. The molecular weight excluding hydrogens is 196 g/mol. The van der Waals surface area contributed by atoms with E-state index in [1.807, 2.05) is 6.07 Å². The van der Waals surface area contributed by atoms with Crippen LogP contribution in [0.4, 0.5) is 0 Å². The van der Waals surface area contributed by atoms with E-state index in [-0.39, 0.29) is 0 Å². The first kappa shape index (κ1) is 13.0. The van der Waals surface area contributed by atoms with E-state index in [9.17, 15) is 4.79 Å². The summed E-state index contributed by atoms with van der Waals surface area (Å²) in [5, 5.41) is 0. The Morgan fingerprint density at radius 1 is 1.19 bits per heavy atom. The Morgan fingerprint density at radius 2 is 1.88 bits per heavy atom. The van der Waals surface area contributed by atoms with Crippen molar-refractivity contribution in [1.29, 1.82) is 0 Å². The van der Waals surface area contributed by atoms with Gasteiger partial charge in [-0.1, -0.05) is 50.1 Å². The minimum Gasteiger partial charge on any atom is -0.300 e. The SMILES string of the molecule is CCCCC(CCC(C)=O)c1ccccc1. The molecule has 0 aromatic heterocycles. The van der Waals surface area contributed by atoms with Gasteiger partial charge in [0.1, 0.15) is 5.78 Å². The van der Waals surface area contributed by atoms with E-state index >= 15 is 0 Å². The fraction of sp³-hybridized carbons (Fsp3) is 0.533. The number of hydrogen-bond acceptors (Lipinski definition) is 1. The standard InChI is InChI=1S/C15H22O/c1-3-4-8-15(12-11-13(2)16)14-9-6-5-7-10-14/h5-7,9-10,15H,3-4,8,11-12H2,1-2H3. The molecule has 1 aromatic rings. The van der Waals surface area contributed by atoms with Crippen molar-refractivity contribution >= 4 is 5.78 Å². The van der Waals surface area contributed by atoms with E-state index in [0.717, 1.165) is 6.42 Å². The number of rotatable bonds is 7. The molecule has 1 unspecified atom stereocenters. The monoisotopic (exact) mass is 218 g/mol. The highest BCUT2D eigenvalue weighted by molar-refractivity contribution is 5.75. The van der Waals surface area contributed by atoms with E-state index in [2.05, 4.69) is 31.2 Å². The average Bonchev–Trinajstić information content (AvgIpc) is 2.30. The lowest BCUT2D eigenvalue weighted by Crippen LogP contribution is -2.02. The second kappa shape index (κ2) is 7.21. The Bertz CT molecular complexity index is 302. The van der Waals surface area contributed by atoms with Gasteiger partial charge in [0.15, 0.2) is 0 Å². The highest BCUT2D eigenvalue weighted by Crippen LogP contribution is 2.26. The van der Waals surface area contributed by atoms with Gasteiger partial charge >= 0.3 is 0 Å². The molecule has 1 rings (SSSR count). The van der Waals surface area contributed by atoms with Gasteiger partial charge in [-0.25, -0.2) is 0 Å². The smallest absolute Gasteiger partial charge is 0.129 e. The minimum atomic E-state index is 0.303.